The molecule has 3 N–H and O–H groups in total. The number of pyridine rings is 1. The predicted molar refractivity (Wildman–Crippen MR) is 106 cm³/mol. The van der Waals surface area contributed by atoms with Gasteiger partial charge in [-0.1, -0.05) is 6.92 Å². The molecule has 0 aliphatic heterocycles. The lowest BCUT2D eigenvalue weighted by Crippen LogP contribution is -2.18. The largest absolute Gasteiger partial charge is 0.387 e. The van der Waals surface area contributed by atoms with Gasteiger partial charge < -0.3 is 15.7 Å². The van der Waals surface area contributed by atoms with Crippen molar-refractivity contribution in [2.45, 2.75) is 38.7 Å². The molecule has 31 heavy (non-hydrogen) atoms. The highest BCUT2D eigenvalue weighted by molar-refractivity contribution is 5.94. The number of carbonyl (C=O) groups excluding carboxylic acids is 1. The lowest BCUT2D eigenvalue weighted by Gasteiger charge is -2.13. The maximum Gasteiger partial charge on any atom is 0.260 e. The van der Waals surface area contributed by atoms with Crippen molar-refractivity contribution in [3.8, 4) is 5.82 Å². The van der Waals surface area contributed by atoms with E-state index in [-0.39, 0.29) is 5.82 Å². The van der Waals surface area contributed by atoms with Crippen LogP contribution in [0.4, 0.5) is 26.2 Å². The van der Waals surface area contributed by atoms with Crippen LogP contribution in [0.15, 0.2) is 31.0 Å². The molecule has 1 fully saturated rings. The fourth-order valence-corrected chi connectivity index (χ4v) is 2.97. The minimum absolute atomic E-state index is 0.0908. The summed E-state index contributed by atoms with van der Waals surface area (Å²) in [6, 6.07) is 3.21. The van der Waals surface area contributed by atoms with Crippen molar-refractivity contribution in [2.75, 3.05) is 10.6 Å². The average molecular weight is 430 g/mol. The summed E-state index contributed by atoms with van der Waals surface area (Å²) in [5, 5.41) is 23.3. The zero-order valence-corrected chi connectivity index (χ0v) is 16.8. The van der Waals surface area contributed by atoms with Crippen LogP contribution < -0.4 is 10.6 Å². The number of halogens is 2. The number of hydrogen-bond donors (Lipinski definition) is 3. The molecule has 1 aliphatic carbocycles. The van der Waals surface area contributed by atoms with Crippen LogP contribution in [0.25, 0.3) is 5.82 Å². The molecule has 3 aromatic heterocycles. The molecule has 2 atom stereocenters. The third-order valence-corrected chi connectivity index (χ3v) is 4.95. The molecule has 0 spiro atoms. The first-order valence-electron chi connectivity index (χ1n) is 9.61. The number of aryl methyl sites for hydroxylation is 1. The highest BCUT2D eigenvalue weighted by Gasteiger charge is 2.61. The predicted octanol–water partition coefficient (Wildman–Crippen LogP) is 2.54. The summed E-state index contributed by atoms with van der Waals surface area (Å²) < 4.78 is 27.7. The first-order valence-corrected chi connectivity index (χ1v) is 9.61. The van der Waals surface area contributed by atoms with Crippen molar-refractivity contribution >= 4 is 23.4 Å². The van der Waals surface area contributed by atoms with Gasteiger partial charge in [0, 0.05) is 12.5 Å². The Labute approximate surface area is 175 Å². The van der Waals surface area contributed by atoms with Gasteiger partial charge in [0.2, 0.25) is 11.9 Å². The molecule has 1 amide bonds. The van der Waals surface area contributed by atoms with E-state index in [2.05, 4.69) is 35.8 Å². The molecule has 10 nitrogen and oxygen atoms in total. The molecule has 162 valence electrons. The number of alkyl halides is 2. The van der Waals surface area contributed by atoms with E-state index in [4.69, 9.17) is 0 Å². The van der Waals surface area contributed by atoms with Gasteiger partial charge in [-0.3, -0.25) is 14.3 Å². The number of nitrogens with zero attached hydrogens (tertiary/aromatic N) is 6. The standard InChI is InChI=1S/C19H20F2N8O2/c1-3-14(30)12-4-10(2)13(7-22-12)26-18-28-25-9-29(18)16-5-15(23-8-24-16)27-17(31)11-6-19(11,20)21/h4-5,7-9,11,14,30H,3,6H2,1-2H3,(H,26,28)(H,23,24,27,31)/t11-,14?/m1/s1. The van der Waals surface area contributed by atoms with Gasteiger partial charge in [0.15, 0.2) is 0 Å². The number of aliphatic hydroxyl groups is 1. The topological polar surface area (TPSA) is 131 Å². The number of nitrogens with one attached hydrogen (secondary N) is 2. The summed E-state index contributed by atoms with van der Waals surface area (Å²) in [5.41, 5.74) is 2.07. The van der Waals surface area contributed by atoms with Crippen molar-refractivity contribution in [2.24, 2.45) is 5.92 Å². The van der Waals surface area contributed by atoms with E-state index in [1.807, 2.05) is 13.8 Å². The van der Waals surface area contributed by atoms with Crippen LogP contribution in [-0.2, 0) is 4.79 Å². The van der Waals surface area contributed by atoms with Gasteiger partial charge in [-0.15, -0.1) is 10.2 Å². The monoisotopic (exact) mass is 430 g/mol. The molecule has 3 aromatic rings. The van der Waals surface area contributed by atoms with E-state index >= 15 is 0 Å². The highest BCUT2D eigenvalue weighted by atomic mass is 19.3. The van der Waals surface area contributed by atoms with Crippen LogP contribution in [0.3, 0.4) is 0 Å². The Kier molecular flexibility index (Phi) is 5.31. The minimum Gasteiger partial charge on any atom is -0.387 e. The second kappa shape index (κ2) is 7.95. The van der Waals surface area contributed by atoms with Gasteiger partial charge >= 0.3 is 0 Å². The third kappa shape index (κ3) is 4.33. The van der Waals surface area contributed by atoms with Gasteiger partial charge in [0.25, 0.3) is 5.92 Å². The average Bonchev–Trinajstić information content (AvgIpc) is 3.16. The normalized spacial score (nSPS) is 17.8. The lowest BCUT2D eigenvalue weighted by atomic mass is 10.1. The lowest BCUT2D eigenvalue weighted by molar-refractivity contribution is -0.119. The van der Waals surface area contributed by atoms with Gasteiger partial charge in [-0.2, -0.15) is 0 Å². The fraction of sp³-hybridized carbons (Fsp3) is 0.368. The molecule has 12 heteroatoms. The smallest absolute Gasteiger partial charge is 0.260 e. The minimum atomic E-state index is -2.96. The Balaban J connectivity index is 1.53. The molecule has 1 unspecified atom stereocenters. The molecule has 0 aromatic carbocycles. The summed E-state index contributed by atoms with van der Waals surface area (Å²) in [6.07, 6.45) is 3.65. The number of anilines is 3. The van der Waals surface area contributed by atoms with Gasteiger partial charge in [-0.05, 0) is 25.0 Å². The number of aromatic nitrogens is 6. The summed E-state index contributed by atoms with van der Waals surface area (Å²) in [6.45, 7) is 3.73. The third-order valence-electron chi connectivity index (χ3n) is 4.95. The van der Waals surface area contributed by atoms with Crippen LogP contribution >= 0.6 is 0 Å². The molecular formula is C19H20F2N8O2. The molecule has 4 rings (SSSR count). The van der Waals surface area contributed by atoms with Crippen molar-refractivity contribution in [1.82, 2.24) is 29.7 Å². The van der Waals surface area contributed by atoms with Crippen LogP contribution in [0.2, 0.25) is 0 Å². The van der Waals surface area contributed by atoms with Crippen LogP contribution in [0.5, 0.6) is 0 Å². The second-order valence-corrected chi connectivity index (χ2v) is 7.27. The first-order chi connectivity index (χ1) is 14.8. The summed E-state index contributed by atoms with van der Waals surface area (Å²) in [5.74, 6) is -4.34. The van der Waals surface area contributed by atoms with Crippen molar-refractivity contribution < 1.29 is 18.7 Å². The molecule has 0 radical (unpaired) electrons. The summed E-state index contributed by atoms with van der Waals surface area (Å²) in [4.78, 5) is 24.2. The number of aliphatic hydroxyl groups excluding tert-OH is 1. The van der Waals surface area contributed by atoms with Crippen molar-refractivity contribution in [3.05, 3.63) is 42.2 Å². The molecular weight excluding hydrogens is 410 g/mol. The molecule has 1 saturated carbocycles. The van der Waals surface area contributed by atoms with E-state index in [0.717, 1.165) is 5.56 Å². The van der Waals surface area contributed by atoms with Crippen molar-refractivity contribution in [3.63, 3.8) is 0 Å². The Bertz CT molecular complexity index is 1120. The zero-order chi connectivity index (χ0) is 22.2. The van der Waals surface area contributed by atoms with Gasteiger partial charge in [0.05, 0.1) is 23.7 Å². The Morgan fingerprint density at radius 3 is 2.81 bits per heavy atom. The Morgan fingerprint density at radius 2 is 2.13 bits per heavy atom. The maximum absolute atomic E-state index is 13.1. The van der Waals surface area contributed by atoms with E-state index in [0.29, 0.717) is 29.6 Å². The number of carbonyl (C=O) groups is 1. The zero-order valence-electron chi connectivity index (χ0n) is 16.8. The van der Waals surface area contributed by atoms with E-state index in [9.17, 15) is 18.7 Å². The molecule has 1 aliphatic rings. The van der Waals surface area contributed by atoms with Crippen LogP contribution in [0.1, 0.15) is 37.1 Å². The fourth-order valence-electron chi connectivity index (χ4n) is 2.97. The number of hydrogen-bond acceptors (Lipinski definition) is 8. The first kappa shape index (κ1) is 20.7. The Hall–Kier alpha value is -3.54. The van der Waals surface area contributed by atoms with E-state index in [1.54, 1.807) is 12.3 Å². The summed E-state index contributed by atoms with van der Waals surface area (Å²) >= 11 is 0. The molecule has 0 saturated heterocycles. The Morgan fingerprint density at radius 1 is 1.35 bits per heavy atom. The van der Waals surface area contributed by atoms with E-state index < -0.39 is 30.3 Å². The molecule has 0 bridgehead atoms. The SMILES string of the molecule is CCC(O)c1cc(C)c(Nc2nncn2-c2cc(NC(=O)[C@H]3CC3(F)F)ncn2)cn1. The number of rotatable bonds is 7. The number of amides is 1. The highest BCUT2D eigenvalue weighted by Crippen LogP contribution is 2.49. The van der Waals surface area contributed by atoms with Crippen LogP contribution in [-0.4, -0.2) is 46.7 Å². The summed E-state index contributed by atoms with van der Waals surface area (Å²) in [7, 11) is 0. The van der Waals surface area contributed by atoms with Gasteiger partial charge in [0.1, 0.15) is 30.2 Å². The van der Waals surface area contributed by atoms with Crippen LogP contribution in [0, 0.1) is 12.8 Å². The van der Waals surface area contributed by atoms with Crippen molar-refractivity contribution in [1.29, 1.82) is 0 Å². The molecule has 3 heterocycles. The maximum atomic E-state index is 13.1. The quantitative estimate of drug-likeness (QED) is 0.521. The van der Waals surface area contributed by atoms with E-state index in [1.165, 1.54) is 23.3 Å². The second-order valence-electron chi connectivity index (χ2n) is 7.27. The van der Waals surface area contributed by atoms with Gasteiger partial charge in [-0.25, -0.2) is 18.7 Å².